The molecule has 4 heteroatoms. The van der Waals surface area contributed by atoms with Gasteiger partial charge in [0.25, 0.3) is 0 Å². The maximum atomic E-state index is 11.7. The Morgan fingerprint density at radius 1 is 0.432 bits per heavy atom. The zero-order valence-electron chi connectivity index (χ0n) is 30.1. The third kappa shape index (κ3) is 33.8. The molecule has 0 rings (SSSR count). The highest BCUT2D eigenvalue weighted by Gasteiger charge is 2.16. The van der Waals surface area contributed by atoms with Crippen LogP contribution in [-0.4, -0.2) is 23.5 Å². The first kappa shape index (κ1) is 42.9. The molecule has 44 heavy (non-hydrogen) atoms. The van der Waals surface area contributed by atoms with Gasteiger partial charge in [-0.25, -0.2) is 0 Å². The number of carbonyl (C=O) groups is 2. The van der Waals surface area contributed by atoms with Crippen molar-refractivity contribution in [3.63, 3.8) is 0 Å². The zero-order chi connectivity index (χ0) is 32.2. The third-order valence-electron chi connectivity index (χ3n) is 9.56. The van der Waals surface area contributed by atoms with Gasteiger partial charge in [-0.1, -0.05) is 200 Å². The van der Waals surface area contributed by atoms with E-state index in [0.717, 1.165) is 51.5 Å². The van der Waals surface area contributed by atoms with Gasteiger partial charge in [-0.15, -0.1) is 0 Å². The van der Waals surface area contributed by atoms with Crippen molar-refractivity contribution < 1.29 is 14.7 Å². The topological polar surface area (TPSA) is 66.4 Å². The van der Waals surface area contributed by atoms with Crippen molar-refractivity contribution in [1.29, 1.82) is 0 Å². The predicted molar refractivity (Wildman–Crippen MR) is 192 cm³/mol. The molecule has 262 valence electrons. The minimum atomic E-state index is -0.568. The minimum absolute atomic E-state index is 0.117. The Morgan fingerprint density at radius 2 is 0.727 bits per heavy atom. The maximum absolute atomic E-state index is 11.7. The minimum Gasteiger partial charge on any atom is -0.481 e. The van der Waals surface area contributed by atoms with Gasteiger partial charge in [-0.3, -0.25) is 9.59 Å². The highest BCUT2D eigenvalue weighted by molar-refractivity contribution is 5.75. The van der Waals surface area contributed by atoms with Crippen molar-refractivity contribution in [3.05, 3.63) is 0 Å². The molecule has 1 unspecified atom stereocenters. The van der Waals surface area contributed by atoms with Crippen LogP contribution < -0.4 is 5.32 Å². The van der Waals surface area contributed by atoms with Gasteiger partial charge in [0.1, 0.15) is 0 Å². The Kier molecular flexibility index (Phi) is 35.5. The van der Waals surface area contributed by atoms with E-state index in [1.54, 1.807) is 0 Å². The van der Waals surface area contributed by atoms with E-state index in [2.05, 4.69) is 19.2 Å². The average molecular weight is 622 g/mol. The predicted octanol–water partition coefficient (Wildman–Crippen LogP) is 13.1. The summed E-state index contributed by atoms with van der Waals surface area (Å²) in [4.78, 5) is 23.4. The summed E-state index contributed by atoms with van der Waals surface area (Å²) in [5.41, 5.74) is 0. The summed E-state index contributed by atoms with van der Waals surface area (Å²) in [6, 6.07) is 0. The Labute approximate surface area is 276 Å². The van der Waals surface area contributed by atoms with Gasteiger partial charge in [0.2, 0.25) is 5.91 Å². The molecule has 1 atom stereocenters. The van der Waals surface area contributed by atoms with Crippen molar-refractivity contribution in [2.45, 2.75) is 232 Å². The number of unbranched alkanes of at least 4 members (excludes halogenated alkanes) is 28. The molecular formula is C40H79NO3. The molecule has 0 aliphatic carbocycles. The lowest BCUT2D eigenvalue weighted by atomic mass is 9.94. The first-order valence-corrected chi connectivity index (χ1v) is 20.1. The summed E-state index contributed by atoms with van der Waals surface area (Å²) in [6.07, 6.45) is 42.8. The molecular weight excluding hydrogens is 542 g/mol. The normalized spacial score (nSPS) is 12.0. The highest BCUT2D eigenvalue weighted by Crippen LogP contribution is 2.20. The van der Waals surface area contributed by atoms with Crippen molar-refractivity contribution >= 4 is 11.9 Å². The van der Waals surface area contributed by atoms with E-state index in [-0.39, 0.29) is 11.8 Å². The second-order valence-corrected chi connectivity index (χ2v) is 14.0. The number of carbonyl (C=O) groups excluding carboxylic acids is 1. The fourth-order valence-electron chi connectivity index (χ4n) is 6.44. The van der Waals surface area contributed by atoms with E-state index in [1.165, 1.54) is 167 Å². The Bertz CT molecular complexity index is 593. The van der Waals surface area contributed by atoms with Crippen LogP contribution in [0.5, 0.6) is 0 Å². The number of rotatable bonds is 37. The monoisotopic (exact) mass is 622 g/mol. The lowest BCUT2D eigenvalue weighted by Gasteiger charge is -2.12. The molecule has 0 spiro atoms. The van der Waals surface area contributed by atoms with E-state index in [1.807, 2.05) is 0 Å². The van der Waals surface area contributed by atoms with E-state index < -0.39 is 5.97 Å². The van der Waals surface area contributed by atoms with Crippen molar-refractivity contribution in [1.82, 2.24) is 5.32 Å². The number of nitrogens with one attached hydrogen (secondary N) is 1. The number of aliphatic carboxylic acids is 1. The fraction of sp³-hybridized carbons (Fsp3) is 0.950. The number of carboxylic acids is 1. The lowest BCUT2D eigenvalue weighted by Crippen LogP contribution is -2.23. The molecule has 4 nitrogen and oxygen atoms in total. The first-order valence-electron chi connectivity index (χ1n) is 20.1. The van der Waals surface area contributed by atoms with Crippen molar-refractivity contribution in [2.75, 3.05) is 6.54 Å². The quantitative estimate of drug-likeness (QED) is 0.0678. The maximum Gasteiger partial charge on any atom is 0.306 e. The largest absolute Gasteiger partial charge is 0.481 e. The second kappa shape index (κ2) is 36.4. The van der Waals surface area contributed by atoms with Gasteiger partial charge in [-0.2, -0.15) is 0 Å². The molecule has 0 aromatic rings. The van der Waals surface area contributed by atoms with Gasteiger partial charge in [0.15, 0.2) is 0 Å². The summed E-state index contributed by atoms with van der Waals surface area (Å²) in [6.45, 7) is 5.27. The van der Waals surface area contributed by atoms with E-state index >= 15 is 0 Å². The summed E-state index contributed by atoms with van der Waals surface area (Å²) >= 11 is 0. The van der Waals surface area contributed by atoms with Gasteiger partial charge in [0.05, 0.1) is 5.92 Å². The van der Waals surface area contributed by atoms with Crippen LogP contribution in [-0.2, 0) is 9.59 Å². The van der Waals surface area contributed by atoms with Gasteiger partial charge in [0, 0.05) is 13.0 Å². The van der Waals surface area contributed by atoms with Gasteiger partial charge >= 0.3 is 5.97 Å². The van der Waals surface area contributed by atoms with Crippen molar-refractivity contribution in [2.24, 2.45) is 5.92 Å². The van der Waals surface area contributed by atoms with Gasteiger partial charge < -0.3 is 10.4 Å². The average Bonchev–Trinajstić information content (AvgIpc) is 3.01. The molecule has 0 saturated heterocycles. The second-order valence-electron chi connectivity index (χ2n) is 14.0. The standard InChI is InChI=1S/C40H79NO3/c1-3-5-7-8-9-10-11-12-16-19-22-25-28-31-34-38(40(43)44)35-32-29-26-23-20-17-14-13-15-18-21-24-27-30-33-36-39(42)41-37-6-4-2/h38H,3-37H2,1-2H3,(H,41,42)(H,43,44). The summed E-state index contributed by atoms with van der Waals surface area (Å²) in [5, 5.41) is 12.6. The number of hydrogen-bond donors (Lipinski definition) is 2. The lowest BCUT2D eigenvalue weighted by molar-refractivity contribution is -0.142. The molecule has 0 radical (unpaired) electrons. The SMILES string of the molecule is CCCCCCCCCCCCCCCCC(CCCCCCCCCCCCCCCCCC(=O)NCCCC)C(=O)O. The molecule has 0 aromatic heterocycles. The fourth-order valence-corrected chi connectivity index (χ4v) is 6.44. The molecule has 0 fully saturated rings. The molecule has 0 saturated carbocycles. The Morgan fingerprint density at radius 3 is 1.05 bits per heavy atom. The number of hydrogen-bond acceptors (Lipinski definition) is 2. The molecule has 1 amide bonds. The molecule has 0 aromatic carbocycles. The van der Waals surface area contributed by atoms with Crippen LogP contribution in [0.4, 0.5) is 0 Å². The summed E-state index contributed by atoms with van der Waals surface area (Å²) in [5.74, 6) is -0.452. The summed E-state index contributed by atoms with van der Waals surface area (Å²) in [7, 11) is 0. The van der Waals surface area contributed by atoms with Gasteiger partial charge in [-0.05, 0) is 25.7 Å². The van der Waals surface area contributed by atoms with Crippen LogP contribution >= 0.6 is 0 Å². The van der Waals surface area contributed by atoms with Crippen LogP contribution in [0.2, 0.25) is 0 Å². The third-order valence-corrected chi connectivity index (χ3v) is 9.56. The van der Waals surface area contributed by atoms with E-state index in [4.69, 9.17) is 0 Å². The number of amides is 1. The van der Waals surface area contributed by atoms with Crippen LogP contribution in [0.15, 0.2) is 0 Å². The molecule has 0 heterocycles. The first-order chi connectivity index (χ1) is 21.6. The van der Waals surface area contributed by atoms with Crippen molar-refractivity contribution in [3.8, 4) is 0 Å². The van der Waals surface area contributed by atoms with Crippen LogP contribution in [0.1, 0.15) is 232 Å². The van der Waals surface area contributed by atoms with Crippen LogP contribution in [0, 0.1) is 5.92 Å². The molecule has 0 aliphatic heterocycles. The Hall–Kier alpha value is -1.06. The molecule has 0 bridgehead atoms. The smallest absolute Gasteiger partial charge is 0.306 e. The van der Waals surface area contributed by atoms with E-state index in [0.29, 0.717) is 6.42 Å². The van der Waals surface area contributed by atoms with E-state index in [9.17, 15) is 14.7 Å². The van der Waals surface area contributed by atoms with Crippen LogP contribution in [0.3, 0.4) is 0 Å². The van der Waals surface area contributed by atoms with Crippen LogP contribution in [0.25, 0.3) is 0 Å². The summed E-state index contributed by atoms with van der Waals surface area (Å²) < 4.78 is 0. The molecule has 0 aliphatic rings. The molecule has 2 N–H and O–H groups in total. The zero-order valence-corrected chi connectivity index (χ0v) is 30.1. The number of carboxylic acid groups (broad SMARTS) is 1. The Balaban J connectivity index is 3.38. The highest BCUT2D eigenvalue weighted by atomic mass is 16.4.